The summed E-state index contributed by atoms with van der Waals surface area (Å²) in [6.07, 6.45) is 1.59. The average molecular weight is 541 g/mol. The molecule has 0 bridgehead atoms. The van der Waals surface area contributed by atoms with Crippen molar-refractivity contribution in [2.45, 2.75) is 23.3 Å². The first-order valence-electron chi connectivity index (χ1n) is 10.7. The molecule has 12 heteroatoms. The van der Waals surface area contributed by atoms with Gasteiger partial charge in [-0.05, 0) is 37.3 Å². The van der Waals surface area contributed by atoms with Gasteiger partial charge in [-0.1, -0.05) is 36.0 Å². The zero-order valence-electron chi connectivity index (χ0n) is 19.2. The number of thioether (sulfide) groups is 1. The second-order valence-corrected chi connectivity index (χ2v) is 11.5. The quantitative estimate of drug-likeness (QED) is 0.399. The Morgan fingerprint density at radius 2 is 1.89 bits per heavy atom. The fourth-order valence-corrected chi connectivity index (χ4v) is 7.10. The van der Waals surface area contributed by atoms with Crippen LogP contribution in [0.4, 0.5) is 11.4 Å². The molecular weight excluding hydrogens is 520 g/mol. The summed E-state index contributed by atoms with van der Waals surface area (Å²) in [6.45, 7) is 5.61. The van der Waals surface area contributed by atoms with Crippen LogP contribution in [0.25, 0.3) is 10.6 Å². The maximum absolute atomic E-state index is 13.5. The van der Waals surface area contributed by atoms with E-state index in [2.05, 4.69) is 11.7 Å². The SMILES string of the molecule is C=CCn1c(=C2C(=O)N(c3cccc(S(=O)(=O)O)c3)N=C2C)sc(=C2Sc3ccccc3N2C)c1=O. The van der Waals surface area contributed by atoms with Crippen LogP contribution in [0.1, 0.15) is 6.92 Å². The Bertz CT molecular complexity index is 1770. The van der Waals surface area contributed by atoms with Crippen molar-refractivity contribution in [1.29, 1.82) is 0 Å². The van der Waals surface area contributed by atoms with Crippen LogP contribution in [-0.4, -0.2) is 36.2 Å². The predicted octanol–water partition coefficient (Wildman–Crippen LogP) is 2.22. The molecule has 3 heterocycles. The number of fused-ring (bicyclic) bond motifs is 1. The fraction of sp³-hybridized carbons (Fsp3) is 0.125. The molecule has 184 valence electrons. The van der Waals surface area contributed by atoms with Gasteiger partial charge in [-0.15, -0.1) is 17.9 Å². The van der Waals surface area contributed by atoms with Crippen molar-refractivity contribution >= 4 is 66.8 Å². The number of hydrazone groups is 1. The van der Waals surface area contributed by atoms with Gasteiger partial charge >= 0.3 is 0 Å². The van der Waals surface area contributed by atoms with Crippen LogP contribution in [-0.2, 0) is 21.5 Å². The first-order valence-corrected chi connectivity index (χ1v) is 13.8. The Kier molecular flexibility index (Phi) is 5.99. The van der Waals surface area contributed by atoms with Crippen LogP contribution < -0.4 is 24.7 Å². The molecule has 2 aliphatic rings. The molecule has 1 N–H and O–H groups in total. The number of hydrogen-bond donors (Lipinski definition) is 1. The summed E-state index contributed by atoms with van der Waals surface area (Å²) >= 11 is 2.70. The van der Waals surface area contributed by atoms with Gasteiger partial charge in [0, 0.05) is 18.5 Å². The smallest absolute Gasteiger partial charge is 0.294 e. The molecule has 3 aromatic rings. The standard InChI is InChI=1S/C24H20N4O5S3/c1-4-12-27-22(30)20(24-26(3)17-10-5-6-11-18(17)34-24)35-23(27)19-14(2)25-28(21(19)29)15-8-7-9-16(13-15)36(31,32)33/h4-11,13H,1,12H2,2-3H3,(H,31,32,33). The Morgan fingerprint density at radius 3 is 2.58 bits per heavy atom. The number of para-hydroxylation sites is 1. The first kappa shape index (κ1) is 24.3. The van der Waals surface area contributed by atoms with Crippen molar-refractivity contribution in [3.63, 3.8) is 0 Å². The third kappa shape index (κ3) is 3.91. The molecule has 2 aromatic carbocycles. The molecule has 0 saturated heterocycles. The van der Waals surface area contributed by atoms with Crippen molar-refractivity contribution in [2.24, 2.45) is 5.10 Å². The number of aromatic nitrogens is 1. The maximum atomic E-state index is 13.5. The summed E-state index contributed by atoms with van der Waals surface area (Å²) in [5, 5.41) is 6.18. The van der Waals surface area contributed by atoms with E-state index in [0.29, 0.717) is 14.9 Å². The van der Waals surface area contributed by atoms with Crippen molar-refractivity contribution in [3.8, 4) is 0 Å². The zero-order valence-corrected chi connectivity index (χ0v) is 21.7. The number of nitrogens with zero attached hydrogens (tertiary/aromatic N) is 4. The lowest BCUT2D eigenvalue weighted by atomic mass is 10.2. The third-order valence-electron chi connectivity index (χ3n) is 5.72. The number of thiazole rings is 1. The lowest BCUT2D eigenvalue weighted by Crippen LogP contribution is -2.35. The van der Waals surface area contributed by atoms with E-state index in [1.165, 1.54) is 51.9 Å². The molecule has 1 amide bonds. The molecule has 0 atom stereocenters. The highest BCUT2D eigenvalue weighted by molar-refractivity contribution is 8.08. The highest BCUT2D eigenvalue weighted by Crippen LogP contribution is 2.44. The van der Waals surface area contributed by atoms with Gasteiger partial charge in [0.1, 0.15) is 14.2 Å². The number of allylic oxidation sites excluding steroid dienone is 1. The van der Waals surface area contributed by atoms with E-state index in [0.717, 1.165) is 20.6 Å². The van der Waals surface area contributed by atoms with Crippen LogP contribution in [0, 0.1) is 0 Å². The molecule has 0 aliphatic carbocycles. The number of carbonyl (C=O) groups excluding carboxylic acids is 1. The molecule has 1 aromatic heterocycles. The number of hydrogen-bond acceptors (Lipinski definition) is 8. The summed E-state index contributed by atoms with van der Waals surface area (Å²) in [6, 6.07) is 13.2. The maximum Gasteiger partial charge on any atom is 0.294 e. The molecule has 2 aliphatic heterocycles. The lowest BCUT2D eigenvalue weighted by molar-refractivity contribution is -0.112. The summed E-state index contributed by atoms with van der Waals surface area (Å²) < 4.78 is 35.0. The summed E-state index contributed by atoms with van der Waals surface area (Å²) in [5.41, 5.74) is 1.55. The Balaban J connectivity index is 1.71. The van der Waals surface area contributed by atoms with E-state index in [4.69, 9.17) is 0 Å². The van der Waals surface area contributed by atoms with E-state index in [1.807, 2.05) is 36.2 Å². The molecular formula is C24H20N4O5S3. The molecule has 0 radical (unpaired) electrons. The van der Waals surface area contributed by atoms with Crippen molar-refractivity contribution < 1.29 is 17.8 Å². The monoisotopic (exact) mass is 540 g/mol. The number of amides is 1. The van der Waals surface area contributed by atoms with Gasteiger partial charge in [0.05, 0.1) is 27.6 Å². The van der Waals surface area contributed by atoms with E-state index in [1.54, 1.807) is 13.0 Å². The number of carbonyl (C=O) groups is 1. The predicted molar refractivity (Wildman–Crippen MR) is 142 cm³/mol. The van der Waals surface area contributed by atoms with Gasteiger partial charge < -0.3 is 4.90 Å². The van der Waals surface area contributed by atoms with Crippen LogP contribution in [0.15, 0.2) is 80.9 Å². The van der Waals surface area contributed by atoms with Crippen molar-refractivity contribution in [1.82, 2.24) is 4.57 Å². The van der Waals surface area contributed by atoms with Crippen LogP contribution in [0.2, 0.25) is 0 Å². The molecule has 36 heavy (non-hydrogen) atoms. The number of rotatable bonds is 4. The van der Waals surface area contributed by atoms with Gasteiger partial charge in [-0.25, -0.2) is 0 Å². The summed E-state index contributed by atoms with van der Waals surface area (Å²) in [4.78, 5) is 29.7. The van der Waals surface area contributed by atoms with Gasteiger partial charge in [-0.3, -0.25) is 18.7 Å². The molecule has 0 fully saturated rings. The van der Waals surface area contributed by atoms with Gasteiger partial charge in [0.2, 0.25) is 0 Å². The third-order valence-corrected chi connectivity index (χ3v) is 9.12. The summed E-state index contributed by atoms with van der Waals surface area (Å²) in [7, 11) is -2.56. The van der Waals surface area contributed by atoms with Crippen molar-refractivity contribution in [3.05, 3.63) is 80.7 Å². The lowest BCUT2D eigenvalue weighted by Gasteiger charge is -2.12. The van der Waals surface area contributed by atoms with Gasteiger partial charge in [0.25, 0.3) is 21.6 Å². The van der Waals surface area contributed by atoms with Crippen LogP contribution in [0.3, 0.4) is 0 Å². The normalized spacial score (nSPS) is 18.5. The first-order chi connectivity index (χ1) is 17.1. The van der Waals surface area contributed by atoms with Gasteiger partial charge in [-0.2, -0.15) is 18.5 Å². The second kappa shape index (κ2) is 8.89. The highest BCUT2D eigenvalue weighted by atomic mass is 32.2. The van der Waals surface area contributed by atoms with Crippen LogP contribution in [0.5, 0.6) is 0 Å². The van der Waals surface area contributed by atoms with E-state index in [-0.39, 0.29) is 28.3 Å². The highest BCUT2D eigenvalue weighted by Gasteiger charge is 2.32. The number of anilines is 2. The fourth-order valence-electron chi connectivity index (χ4n) is 4.03. The molecule has 0 spiro atoms. The van der Waals surface area contributed by atoms with E-state index in [9.17, 15) is 22.6 Å². The molecule has 0 saturated carbocycles. The van der Waals surface area contributed by atoms with Crippen molar-refractivity contribution in [2.75, 3.05) is 17.0 Å². The van der Waals surface area contributed by atoms with E-state index < -0.39 is 16.0 Å². The number of benzene rings is 2. The molecule has 5 rings (SSSR count). The summed E-state index contributed by atoms with van der Waals surface area (Å²) in [5.74, 6) is -0.508. The zero-order chi connectivity index (χ0) is 25.8. The Hall–Kier alpha value is -3.45. The minimum Gasteiger partial charge on any atom is -0.337 e. The molecule has 0 unspecified atom stereocenters. The van der Waals surface area contributed by atoms with E-state index >= 15 is 0 Å². The van der Waals surface area contributed by atoms with Gasteiger partial charge in [0.15, 0.2) is 0 Å². The Morgan fingerprint density at radius 1 is 1.14 bits per heavy atom. The van der Waals surface area contributed by atoms with Crippen LogP contribution >= 0.6 is 23.1 Å². The Labute approximate surface area is 214 Å². The minimum atomic E-state index is -4.46. The second-order valence-electron chi connectivity index (χ2n) is 8.02. The largest absolute Gasteiger partial charge is 0.337 e. The topological polar surface area (TPSA) is 112 Å². The minimum absolute atomic E-state index is 0.176. The average Bonchev–Trinajstić information content (AvgIpc) is 3.45. The molecule has 9 nitrogen and oxygen atoms in total.